The maximum absolute atomic E-state index is 12.0. The second-order valence-corrected chi connectivity index (χ2v) is 6.57. The van der Waals surface area contributed by atoms with E-state index in [9.17, 15) is 9.59 Å². The molecule has 0 radical (unpaired) electrons. The van der Waals surface area contributed by atoms with Gasteiger partial charge in [0.1, 0.15) is 0 Å². The molecule has 1 N–H and O–H groups in total. The monoisotopic (exact) mass is 357 g/mol. The van der Waals surface area contributed by atoms with Crippen molar-refractivity contribution in [3.05, 3.63) is 28.2 Å². The maximum Gasteiger partial charge on any atom is 0.338 e. The molecule has 0 aliphatic carbocycles. The summed E-state index contributed by atoms with van der Waals surface area (Å²) in [6.45, 7) is 2.11. The summed E-state index contributed by atoms with van der Waals surface area (Å²) in [6, 6.07) is 5.03. The number of hydrogen-bond donors (Lipinski definition) is 1. The number of rotatable bonds is 4. The maximum atomic E-state index is 12.0. The highest BCUT2D eigenvalue weighted by atomic mass is 79.9. The van der Waals surface area contributed by atoms with Crippen molar-refractivity contribution in [2.24, 2.45) is 0 Å². The fourth-order valence-corrected chi connectivity index (χ4v) is 3.59. The lowest BCUT2D eigenvalue weighted by atomic mass is 10.2. The molecule has 1 aliphatic heterocycles. The molecule has 1 heterocycles. The van der Waals surface area contributed by atoms with Crippen LogP contribution < -0.4 is 5.32 Å². The molecule has 6 heteroatoms. The summed E-state index contributed by atoms with van der Waals surface area (Å²) in [7, 11) is 0. The molecule has 1 aromatic carbocycles. The number of thioether (sulfide) groups is 1. The van der Waals surface area contributed by atoms with Gasteiger partial charge in [0.05, 0.1) is 23.1 Å². The highest BCUT2D eigenvalue weighted by molar-refractivity contribution is 9.10. The molecule has 4 nitrogen and oxygen atoms in total. The van der Waals surface area contributed by atoms with Gasteiger partial charge >= 0.3 is 5.97 Å². The smallest absolute Gasteiger partial charge is 0.338 e. The quantitative estimate of drug-likeness (QED) is 0.838. The molecule has 1 aliphatic rings. The molecular formula is C14H16BrNO3S. The average molecular weight is 358 g/mol. The summed E-state index contributed by atoms with van der Waals surface area (Å²) in [5.41, 5.74) is 1.14. The number of ether oxygens (including phenoxy) is 1. The molecule has 0 saturated carbocycles. The molecule has 1 aromatic rings. The Balaban J connectivity index is 2.05. The van der Waals surface area contributed by atoms with E-state index in [4.69, 9.17) is 4.74 Å². The number of halogens is 1. The molecule has 1 fully saturated rings. The lowest BCUT2D eigenvalue weighted by Gasteiger charge is -2.12. The zero-order chi connectivity index (χ0) is 14.5. The molecule has 20 heavy (non-hydrogen) atoms. The van der Waals surface area contributed by atoms with Crippen LogP contribution >= 0.6 is 27.7 Å². The van der Waals surface area contributed by atoms with Gasteiger partial charge in [0.2, 0.25) is 5.91 Å². The summed E-state index contributed by atoms with van der Waals surface area (Å²) in [5, 5.41) is 2.93. The van der Waals surface area contributed by atoms with Crippen molar-refractivity contribution in [2.45, 2.75) is 25.0 Å². The van der Waals surface area contributed by atoms with E-state index in [1.807, 2.05) is 0 Å². The van der Waals surface area contributed by atoms with Gasteiger partial charge < -0.3 is 10.1 Å². The van der Waals surface area contributed by atoms with E-state index in [-0.39, 0.29) is 17.1 Å². The Labute approximate surface area is 130 Å². The van der Waals surface area contributed by atoms with Gasteiger partial charge in [-0.3, -0.25) is 4.79 Å². The Morgan fingerprint density at radius 2 is 2.30 bits per heavy atom. The van der Waals surface area contributed by atoms with E-state index in [1.165, 1.54) is 0 Å². The average Bonchev–Trinajstić information content (AvgIpc) is 2.95. The van der Waals surface area contributed by atoms with Crippen molar-refractivity contribution in [1.82, 2.24) is 0 Å². The van der Waals surface area contributed by atoms with Crippen LogP contribution in [-0.4, -0.2) is 29.5 Å². The normalized spacial score (nSPS) is 17.8. The molecule has 0 aromatic heterocycles. The van der Waals surface area contributed by atoms with E-state index in [0.29, 0.717) is 22.3 Å². The van der Waals surface area contributed by atoms with Crippen molar-refractivity contribution in [3.63, 3.8) is 0 Å². The Morgan fingerprint density at radius 1 is 1.50 bits per heavy atom. The van der Waals surface area contributed by atoms with Crippen LogP contribution in [0.4, 0.5) is 5.69 Å². The van der Waals surface area contributed by atoms with Crippen LogP contribution in [0.2, 0.25) is 0 Å². The molecule has 1 unspecified atom stereocenters. The van der Waals surface area contributed by atoms with Crippen molar-refractivity contribution >= 4 is 45.3 Å². The first-order valence-corrected chi connectivity index (χ1v) is 8.35. The third-order valence-electron chi connectivity index (χ3n) is 2.96. The molecule has 1 amide bonds. The van der Waals surface area contributed by atoms with Crippen molar-refractivity contribution in [1.29, 1.82) is 0 Å². The van der Waals surface area contributed by atoms with Gasteiger partial charge in [0.15, 0.2) is 0 Å². The Bertz CT molecular complexity index is 515. The minimum atomic E-state index is -0.363. The third-order valence-corrected chi connectivity index (χ3v) is 4.99. The number of nitrogens with one attached hydrogen (secondary N) is 1. The summed E-state index contributed by atoms with van der Waals surface area (Å²) in [6.07, 6.45) is 2.01. The Hall–Kier alpha value is -1.01. The van der Waals surface area contributed by atoms with Gasteiger partial charge in [0.25, 0.3) is 0 Å². The topological polar surface area (TPSA) is 55.4 Å². The first kappa shape index (κ1) is 15.4. The summed E-state index contributed by atoms with van der Waals surface area (Å²) >= 11 is 5.06. The van der Waals surface area contributed by atoms with Crippen molar-refractivity contribution in [2.75, 3.05) is 17.7 Å². The van der Waals surface area contributed by atoms with Gasteiger partial charge in [-0.05, 0) is 59.6 Å². The first-order chi connectivity index (χ1) is 9.61. The van der Waals surface area contributed by atoms with E-state index in [0.717, 1.165) is 18.6 Å². The number of hydrogen-bond acceptors (Lipinski definition) is 4. The lowest BCUT2D eigenvalue weighted by Crippen LogP contribution is -2.23. The van der Waals surface area contributed by atoms with Gasteiger partial charge in [-0.2, -0.15) is 0 Å². The summed E-state index contributed by atoms with van der Waals surface area (Å²) in [4.78, 5) is 23.6. The first-order valence-electron chi connectivity index (χ1n) is 6.51. The van der Waals surface area contributed by atoms with Gasteiger partial charge in [-0.25, -0.2) is 4.79 Å². The molecule has 0 bridgehead atoms. The standard InChI is InChI=1S/C14H16BrNO3S/c1-2-19-14(18)9-5-6-11(10(15)8-9)16-13(17)12-4-3-7-20-12/h5-6,8,12H,2-4,7H2,1H3,(H,16,17). The third kappa shape index (κ3) is 3.76. The molecule has 2 rings (SSSR count). The van der Waals surface area contributed by atoms with Gasteiger partial charge in [-0.15, -0.1) is 11.8 Å². The largest absolute Gasteiger partial charge is 0.462 e. The van der Waals surface area contributed by atoms with E-state index in [1.54, 1.807) is 36.9 Å². The zero-order valence-electron chi connectivity index (χ0n) is 11.1. The molecular weight excluding hydrogens is 342 g/mol. The predicted molar refractivity (Wildman–Crippen MR) is 84.2 cm³/mol. The zero-order valence-corrected chi connectivity index (χ0v) is 13.6. The number of amides is 1. The number of carbonyl (C=O) groups excluding carboxylic acids is 2. The minimum absolute atomic E-state index is 0.0251. The van der Waals surface area contributed by atoms with Crippen LogP contribution in [0.15, 0.2) is 22.7 Å². The van der Waals surface area contributed by atoms with Gasteiger partial charge in [0, 0.05) is 4.47 Å². The SMILES string of the molecule is CCOC(=O)c1ccc(NC(=O)C2CCCS2)c(Br)c1. The molecule has 0 spiro atoms. The van der Waals surface area contributed by atoms with Crippen LogP contribution in [0.25, 0.3) is 0 Å². The number of anilines is 1. The number of benzene rings is 1. The Morgan fingerprint density at radius 3 is 2.90 bits per heavy atom. The van der Waals surface area contributed by atoms with Crippen LogP contribution in [-0.2, 0) is 9.53 Å². The number of esters is 1. The van der Waals surface area contributed by atoms with E-state index < -0.39 is 0 Å². The fourth-order valence-electron chi connectivity index (χ4n) is 1.96. The molecule has 1 atom stereocenters. The second kappa shape index (κ2) is 7.13. The highest BCUT2D eigenvalue weighted by Crippen LogP contribution is 2.29. The Kier molecular flexibility index (Phi) is 5.48. The van der Waals surface area contributed by atoms with Crippen LogP contribution in [0.5, 0.6) is 0 Å². The number of carbonyl (C=O) groups is 2. The summed E-state index contributed by atoms with van der Waals surface area (Å²) in [5.74, 6) is 0.704. The molecule has 108 valence electrons. The lowest BCUT2D eigenvalue weighted by molar-refractivity contribution is -0.115. The fraction of sp³-hybridized carbons (Fsp3) is 0.429. The minimum Gasteiger partial charge on any atom is -0.462 e. The van der Waals surface area contributed by atoms with E-state index in [2.05, 4.69) is 21.2 Å². The molecule has 1 saturated heterocycles. The van der Waals surface area contributed by atoms with Gasteiger partial charge in [-0.1, -0.05) is 0 Å². The van der Waals surface area contributed by atoms with Crippen LogP contribution in [0, 0.1) is 0 Å². The van der Waals surface area contributed by atoms with Crippen LogP contribution in [0.3, 0.4) is 0 Å². The van der Waals surface area contributed by atoms with Crippen molar-refractivity contribution in [3.8, 4) is 0 Å². The van der Waals surface area contributed by atoms with E-state index >= 15 is 0 Å². The predicted octanol–water partition coefficient (Wildman–Crippen LogP) is 3.46. The highest BCUT2D eigenvalue weighted by Gasteiger charge is 2.23. The van der Waals surface area contributed by atoms with Crippen molar-refractivity contribution < 1.29 is 14.3 Å². The summed E-state index contributed by atoms with van der Waals surface area (Å²) < 4.78 is 5.61. The van der Waals surface area contributed by atoms with Crippen LogP contribution in [0.1, 0.15) is 30.1 Å². The second-order valence-electron chi connectivity index (χ2n) is 4.41.